The molecule has 0 amide bonds. The molecular formula is C17H38. The SMILES string of the molecule is CC.CC.CCCC1C(C)CCC(C)C1CC. The van der Waals surface area contributed by atoms with Crippen LogP contribution in [-0.4, -0.2) is 0 Å². The molecular weight excluding hydrogens is 204 g/mol. The molecule has 0 N–H and O–H groups in total. The second-order valence-corrected chi connectivity index (χ2v) is 5.06. The highest BCUT2D eigenvalue weighted by atomic mass is 14.4. The van der Waals surface area contributed by atoms with Crippen LogP contribution in [0.15, 0.2) is 0 Å². The molecule has 0 aromatic rings. The van der Waals surface area contributed by atoms with Gasteiger partial charge in [-0.1, -0.05) is 87.5 Å². The Balaban J connectivity index is 0. The van der Waals surface area contributed by atoms with Gasteiger partial charge in [-0.3, -0.25) is 0 Å². The first-order valence-electron chi connectivity index (χ1n) is 8.20. The van der Waals surface area contributed by atoms with E-state index in [1.54, 1.807) is 0 Å². The molecule has 0 radical (unpaired) electrons. The molecule has 0 aromatic carbocycles. The van der Waals surface area contributed by atoms with E-state index in [0.29, 0.717) is 0 Å². The van der Waals surface area contributed by atoms with Crippen molar-refractivity contribution in [3.8, 4) is 0 Å². The number of hydrogen-bond acceptors (Lipinski definition) is 0. The fourth-order valence-corrected chi connectivity index (χ4v) is 3.33. The van der Waals surface area contributed by atoms with Crippen molar-refractivity contribution in [2.75, 3.05) is 0 Å². The summed E-state index contributed by atoms with van der Waals surface area (Å²) in [6.07, 6.45) is 7.18. The van der Waals surface area contributed by atoms with Crippen molar-refractivity contribution in [1.82, 2.24) is 0 Å². The van der Waals surface area contributed by atoms with Gasteiger partial charge in [0.15, 0.2) is 0 Å². The van der Waals surface area contributed by atoms with Crippen LogP contribution in [0.3, 0.4) is 0 Å². The standard InChI is InChI=1S/C13H26.2C2H6/c1-5-7-13-11(4)9-8-10(3)12(13)6-2;2*1-2/h10-13H,5-9H2,1-4H3;2*1-2H3. The van der Waals surface area contributed by atoms with Gasteiger partial charge in [0, 0.05) is 0 Å². The van der Waals surface area contributed by atoms with Crippen LogP contribution < -0.4 is 0 Å². The van der Waals surface area contributed by atoms with E-state index >= 15 is 0 Å². The monoisotopic (exact) mass is 242 g/mol. The Bertz CT molecular complexity index is 139. The van der Waals surface area contributed by atoms with Gasteiger partial charge in [0.2, 0.25) is 0 Å². The molecule has 1 rings (SSSR count). The zero-order chi connectivity index (χ0) is 13.8. The summed E-state index contributed by atoms with van der Waals surface area (Å²) in [5.74, 6) is 4.02. The molecule has 1 aliphatic rings. The summed E-state index contributed by atoms with van der Waals surface area (Å²) < 4.78 is 0. The van der Waals surface area contributed by atoms with Crippen LogP contribution >= 0.6 is 0 Å². The first-order valence-corrected chi connectivity index (χ1v) is 8.20. The molecule has 1 fully saturated rings. The van der Waals surface area contributed by atoms with Gasteiger partial charge in [-0.05, 0) is 23.7 Å². The fourth-order valence-electron chi connectivity index (χ4n) is 3.33. The predicted octanol–water partition coefficient (Wildman–Crippen LogP) is 6.55. The van der Waals surface area contributed by atoms with Gasteiger partial charge in [-0.15, -0.1) is 0 Å². The summed E-state index contributed by atoms with van der Waals surface area (Å²) in [5.41, 5.74) is 0. The van der Waals surface area contributed by atoms with E-state index in [4.69, 9.17) is 0 Å². The zero-order valence-corrected chi connectivity index (χ0v) is 13.8. The lowest BCUT2D eigenvalue weighted by Crippen LogP contribution is -2.31. The van der Waals surface area contributed by atoms with Gasteiger partial charge >= 0.3 is 0 Å². The number of hydrogen-bond donors (Lipinski definition) is 0. The average Bonchev–Trinajstić information content (AvgIpc) is 2.39. The van der Waals surface area contributed by atoms with Crippen LogP contribution in [0.4, 0.5) is 0 Å². The minimum atomic E-state index is 0.984. The van der Waals surface area contributed by atoms with Crippen molar-refractivity contribution in [1.29, 1.82) is 0 Å². The summed E-state index contributed by atoms with van der Waals surface area (Å²) in [4.78, 5) is 0. The number of rotatable bonds is 3. The van der Waals surface area contributed by atoms with Crippen molar-refractivity contribution in [3.05, 3.63) is 0 Å². The summed E-state index contributed by atoms with van der Waals surface area (Å²) in [7, 11) is 0. The van der Waals surface area contributed by atoms with Crippen LogP contribution in [0.5, 0.6) is 0 Å². The maximum Gasteiger partial charge on any atom is -0.0358 e. The van der Waals surface area contributed by atoms with Crippen molar-refractivity contribution < 1.29 is 0 Å². The molecule has 0 spiro atoms. The minimum absolute atomic E-state index is 0.984. The van der Waals surface area contributed by atoms with E-state index in [9.17, 15) is 0 Å². The van der Waals surface area contributed by atoms with Crippen molar-refractivity contribution >= 4 is 0 Å². The van der Waals surface area contributed by atoms with E-state index in [2.05, 4.69) is 27.7 Å². The van der Waals surface area contributed by atoms with Gasteiger partial charge in [-0.2, -0.15) is 0 Å². The van der Waals surface area contributed by atoms with Crippen LogP contribution in [0.2, 0.25) is 0 Å². The van der Waals surface area contributed by atoms with Gasteiger partial charge in [0.1, 0.15) is 0 Å². The lowest BCUT2D eigenvalue weighted by molar-refractivity contribution is 0.0964. The largest absolute Gasteiger partial charge is 0.0683 e. The van der Waals surface area contributed by atoms with E-state index in [1.165, 1.54) is 32.1 Å². The normalized spacial score (nSPS) is 31.8. The van der Waals surface area contributed by atoms with E-state index < -0.39 is 0 Å². The van der Waals surface area contributed by atoms with Gasteiger partial charge in [0.05, 0.1) is 0 Å². The second kappa shape index (κ2) is 12.5. The molecule has 1 aliphatic carbocycles. The first kappa shape index (κ1) is 19.3. The maximum absolute atomic E-state index is 2.47. The Hall–Kier alpha value is 0. The van der Waals surface area contributed by atoms with Crippen LogP contribution in [0.25, 0.3) is 0 Å². The lowest BCUT2D eigenvalue weighted by atomic mass is 9.65. The lowest BCUT2D eigenvalue weighted by Gasteiger charge is -2.40. The maximum atomic E-state index is 2.47. The van der Waals surface area contributed by atoms with Gasteiger partial charge < -0.3 is 0 Å². The summed E-state index contributed by atoms with van der Waals surface area (Å²) in [5, 5.41) is 0. The zero-order valence-electron chi connectivity index (χ0n) is 13.8. The smallest absolute Gasteiger partial charge is 0.0358 e. The highest BCUT2D eigenvalue weighted by Crippen LogP contribution is 2.42. The quantitative estimate of drug-likeness (QED) is 0.526. The third-order valence-corrected chi connectivity index (χ3v) is 4.18. The Morgan fingerprint density at radius 2 is 1.18 bits per heavy atom. The third kappa shape index (κ3) is 6.48. The Morgan fingerprint density at radius 1 is 0.765 bits per heavy atom. The fraction of sp³-hybridized carbons (Fsp3) is 1.00. The van der Waals surface area contributed by atoms with Crippen molar-refractivity contribution in [2.24, 2.45) is 23.7 Å². The summed E-state index contributed by atoms with van der Waals surface area (Å²) in [6.45, 7) is 17.6. The summed E-state index contributed by atoms with van der Waals surface area (Å²) in [6, 6.07) is 0. The van der Waals surface area contributed by atoms with Gasteiger partial charge in [-0.25, -0.2) is 0 Å². The van der Waals surface area contributed by atoms with Crippen LogP contribution in [0, 0.1) is 23.7 Å². The summed E-state index contributed by atoms with van der Waals surface area (Å²) >= 11 is 0. The Labute approximate surface area is 112 Å². The molecule has 4 atom stereocenters. The highest BCUT2D eigenvalue weighted by molar-refractivity contribution is 4.82. The second-order valence-electron chi connectivity index (χ2n) is 5.06. The van der Waals surface area contributed by atoms with E-state index in [0.717, 1.165) is 23.7 Å². The Morgan fingerprint density at radius 3 is 1.53 bits per heavy atom. The van der Waals surface area contributed by atoms with E-state index in [-0.39, 0.29) is 0 Å². The van der Waals surface area contributed by atoms with Crippen molar-refractivity contribution in [2.45, 2.75) is 87.5 Å². The average molecular weight is 242 g/mol. The van der Waals surface area contributed by atoms with Gasteiger partial charge in [0.25, 0.3) is 0 Å². The Kier molecular flexibility index (Phi) is 14.2. The third-order valence-electron chi connectivity index (χ3n) is 4.18. The molecule has 0 bridgehead atoms. The molecule has 0 heterocycles. The topological polar surface area (TPSA) is 0 Å². The predicted molar refractivity (Wildman–Crippen MR) is 82.4 cm³/mol. The minimum Gasteiger partial charge on any atom is -0.0683 e. The van der Waals surface area contributed by atoms with Crippen LogP contribution in [-0.2, 0) is 0 Å². The molecule has 0 nitrogen and oxygen atoms in total. The van der Waals surface area contributed by atoms with E-state index in [1.807, 2.05) is 27.7 Å². The molecule has 0 aromatic heterocycles. The molecule has 4 unspecified atom stereocenters. The van der Waals surface area contributed by atoms with Crippen molar-refractivity contribution in [3.63, 3.8) is 0 Å². The molecule has 0 heteroatoms. The molecule has 1 saturated carbocycles. The molecule has 106 valence electrons. The first-order chi connectivity index (χ1) is 8.20. The highest BCUT2D eigenvalue weighted by Gasteiger charge is 2.32. The molecule has 0 saturated heterocycles. The molecule has 0 aliphatic heterocycles. The van der Waals surface area contributed by atoms with Crippen LogP contribution in [0.1, 0.15) is 87.5 Å². The molecule has 17 heavy (non-hydrogen) atoms.